The largest absolute Gasteiger partial charge is 0.481 e. The lowest BCUT2D eigenvalue weighted by Gasteiger charge is -2.71. The third kappa shape index (κ3) is 6.52. The predicted molar refractivity (Wildman–Crippen MR) is 199 cm³/mol. The lowest BCUT2D eigenvalue weighted by molar-refractivity contribution is -0.368. The first-order chi connectivity index (χ1) is 26.3. The number of fused-ring (bicyclic) bond motifs is 7. The minimum absolute atomic E-state index is 0.0477. The lowest BCUT2D eigenvalue weighted by Crippen LogP contribution is -2.66. The van der Waals surface area contributed by atoms with Crippen molar-refractivity contribution in [1.29, 1.82) is 0 Å². The molecule has 19 atom stereocenters. The van der Waals surface area contributed by atoms with Crippen LogP contribution in [0.4, 0.5) is 0 Å². The number of allylic oxidation sites excluding steroid dienone is 2. The fourth-order valence-electron chi connectivity index (χ4n) is 13.7. The number of carbonyl (C=O) groups is 3. The Kier molecular flexibility index (Phi) is 10.7. The molecule has 6 fully saturated rings. The summed E-state index contributed by atoms with van der Waals surface area (Å²) >= 11 is 0. The van der Waals surface area contributed by atoms with Crippen molar-refractivity contribution in [3.8, 4) is 0 Å². The van der Waals surface area contributed by atoms with Gasteiger partial charge in [0.2, 0.25) is 0 Å². The Morgan fingerprint density at radius 1 is 0.667 bits per heavy atom. The minimum atomic E-state index is -2.01. The van der Waals surface area contributed by atoms with Crippen LogP contribution in [0.5, 0.6) is 0 Å². The normalized spacial score (nSPS) is 53.2. The number of hydrogen-bond acceptors (Lipinski definition) is 12. The smallest absolute Gasteiger partial charge is 0.335 e. The molecule has 15 heteroatoms. The molecule has 15 nitrogen and oxygen atoms in total. The molecule has 0 aromatic rings. The van der Waals surface area contributed by atoms with Crippen LogP contribution in [0.15, 0.2) is 11.6 Å². The van der Waals surface area contributed by atoms with E-state index in [1.165, 1.54) is 5.57 Å². The summed E-state index contributed by atoms with van der Waals surface area (Å²) in [5.74, 6) is -3.24. The zero-order valence-corrected chi connectivity index (χ0v) is 34.2. The Labute approximate surface area is 333 Å². The molecule has 8 N–H and O–H groups in total. The third-order valence-corrected chi connectivity index (χ3v) is 17.2. The van der Waals surface area contributed by atoms with Crippen LogP contribution in [0.2, 0.25) is 0 Å². The van der Waals surface area contributed by atoms with E-state index in [1.54, 1.807) is 0 Å². The second-order valence-electron chi connectivity index (χ2n) is 20.8. The van der Waals surface area contributed by atoms with Crippen LogP contribution in [-0.2, 0) is 33.3 Å². The summed E-state index contributed by atoms with van der Waals surface area (Å²) in [6.07, 6.45) is -9.13. The molecule has 322 valence electrons. The highest BCUT2D eigenvalue weighted by Crippen LogP contribution is 2.76. The highest BCUT2D eigenvalue weighted by Gasteiger charge is 2.68. The fourth-order valence-corrected chi connectivity index (χ4v) is 13.7. The summed E-state index contributed by atoms with van der Waals surface area (Å²) < 4.78 is 23.6. The molecule has 57 heavy (non-hydrogen) atoms. The molecule has 2 saturated heterocycles. The van der Waals surface area contributed by atoms with E-state index in [0.717, 1.165) is 38.5 Å². The average molecular weight is 809 g/mol. The maximum atomic E-state index is 12.5. The molecule has 2 heterocycles. The van der Waals surface area contributed by atoms with E-state index in [1.807, 2.05) is 6.92 Å². The van der Waals surface area contributed by atoms with Crippen molar-refractivity contribution in [1.82, 2.24) is 0 Å². The summed E-state index contributed by atoms with van der Waals surface area (Å²) in [4.78, 5) is 36.6. The van der Waals surface area contributed by atoms with Gasteiger partial charge in [0.1, 0.15) is 36.6 Å². The zero-order chi connectivity index (χ0) is 42.0. The van der Waals surface area contributed by atoms with Crippen LogP contribution < -0.4 is 0 Å². The van der Waals surface area contributed by atoms with Crippen molar-refractivity contribution in [3.05, 3.63) is 11.6 Å². The molecule has 19 unspecified atom stereocenters. The van der Waals surface area contributed by atoms with Gasteiger partial charge in [-0.25, -0.2) is 9.59 Å². The number of aliphatic carboxylic acids is 3. The first kappa shape index (κ1) is 42.9. The number of rotatable bonds is 7. The van der Waals surface area contributed by atoms with E-state index in [-0.39, 0.29) is 38.9 Å². The van der Waals surface area contributed by atoms with Gasteiger partial charge in [-0.1, -0.05) is 53.2 Å². The quantitative estimate of drug-likeness (QED) is 0.136. The van der Waals surface area contributed by atoms with E-state index >= 15 is 0 Å². The van der Waals surface area contributed by atoms with E-state index in [2.05, 4.69) is 47.6 Å². The topological polar surface area (TPSA) is 250 Å². The highest BCUT2D eigenvalue weighted by molar-refractivity contribution is 5.75. The summed E-state index contributed by atoms with van der Waals surface area (Å²) in [5, 5.41) is 83.3. The fraction of sp³-hybridized carbons (Fsp3) is 0.881. The van der Waals surface area contributed by atoms with Crippen molar-refractivity contribution in [2.75, 3.05) is 0 Å². The van der Waals surface area contributed by atoms with Crippen LogP contribution in [0.25, 0.3) is 0 Å². The monoisotopic (exact) mass is 808 g/mol. The van der Waals surface area contributed by atoms with Gasteiger partial charge in [-0.05, 0) is 116 Å². The highest BCUT2D eigenvalue weighted by atomic mass is 16.8. The summed E-state index contributed by atoms with van der Waals surface area (Å²) in [6.45, 7) is 15.8. The Bertz CT molecular complexity index is 1650. The first-order valence-electron chi connectivity index (χ1n) is 20.8. The number of carboxylic acid groups (broad SMARTS) is 3. The van der Waals surface area contributed by atoms with E-state index in [0.29, 0.717) is 31.6 Å². The molecule has 5 aliphatic carbocycles. The molecule has 7 rings (SSSR count). The van der Waals surface area contributed by atoms with Crippen molar-refractivity contribution in [2.24, 2.45) is 50.2 Å². The van der Waals surface area contributed by atoms with Gasteiger partial charge in [0.25, 0.3) is 0 Å². The average Bonchev–Trinajstić information content (AvgIpc) is 3.11. The van der Waals surface area contributed by atoms with Crippen LogP contribution in [0.3, 0.4) is 0 Å². The molecule has 4 saturated carbocycles. The van der Waals surface area contributed by atoms with Crippen LogP contribution in [0.1, 0.15) is 113 Å². The Morgan fingerprint density at radius 2 is 1.26 bits per heavy atom. The van der Waals surface area contributed by atoms with Gasteiger partial charge in [-0.2, -0.15) is 0 Å². The van der Waals surface area contributed by atoms with Crippen LogP contribution in [0, 0.1) is 50.2 Å². The Morgan fingerprint density at radius 3 is 1.88 bits per heavy atom. The Hall–Kier alpha value is -2.21. The summed E-state index contributed by atoms with van der Waals surface area (Å²) in [5.41, 5.74) is -0.142. The Balaban J connectivity index is 1.19. The van der Waals surface area contributed by atoms with E-state index < -0.39 is 90.8 Å². The van der Waals surface area contributed by atoms with Gasteiger partial charge >= 0.3 is 17.9 Å². The second-order valence-corrected chi connectivity index (χ2v) is 20.8. The van der Waals surface area contributed by atoms with Crippen molar-refractivity contribution < 1.29 is 74.2 Å². The van der Waals surface area contributed by atoms with Gasteiger partial charge in [0.05, 0.1) is 11.5 Å². The van der Waals surface area contributed by atoms with Crippen molar-refractivity contribution >= 4 is 17.9 Å². The van der Waals surface area contributed by atoms with Crippen LogP contribution in [-0.4, -0.2) is 126 Å². The zero-order valence-electron chi connectivity index (χ0n) is 34.2. The van der Waals surface area contributed by atoms with Gasteiger partial charge < -0.3 is 59.8 Å². The summed E-state index contributed by atoms with van der Waals surface area (Å²) in [7, 11) is 0. The molecule has 0 bridgehead atoms. The number of ether oxygens (including phenoxy) is 4. The first-order valence-corrected chi connectivity index (χ1v) is 20.8. The van der Waals surface area contributed by atoms with Crippen molar-refractivity contribution in [3.63, 3.8) is 0 Å². The minimum Gasteiger partial charge on any atom is -0.481 e. The molecule has 0 amide bonds. The van der Waals surface area contributed by atoms with Gasteiger partial charge in [0, 0.05) is 0 Å². The van der Waals surface area contributed by atoms with Gasteiger partial charge in [0.15, 0.2) is 24.8 Å². The lowest BCUT2D eigenvalue weighted by atomic mass is 9.33. The standard InChI is InChI=1S/C42H64O15/c1-37(2)16-19(54-35-31(27(46)26(45)30(56-35)33(50)51)57-34-28(47)24(43)25(44)29(55-34)32(48)49)17-40(5)22(37)10-11-42(7)23(40)9-8-20-21-18-39(4,36(52)53)13-12-38(21,3)14-15-41(20,42)6/h8,19,21-31,34-35,43-47H,9-18H2,1-7H3,(H,48,49)(H,50,51)(H,52,53). The molecular weight excluding hydrogens is 744 g/mol. The molecule has 0 aromatic carbocycles. The number of carboxylic acids is 3. The molecular formula is C42H64O15. The number of aliphatic hydroxyl groups is 5. The van der Waals surface area contributed by atoms with Crippen molar-refractivity contribution in [2.45, 2.75) is 180 Å². The maximum absolute atomic E-state index is 12.5. The predicted octanol–water partition coefficient (Wildman–Crippen LogP) is 3.07. The molecule has 0 radical (unpaired) electrons. The number of aliphatic hydroxyl groups excluding tert-OH is 5. The molecule has 7 aliphatic rings. The van der Waals surface area contributed by atoms with E-state index in [9.17, 15) is 55.2 Å². The van der Waals surface area contributed by atoms with Gasteiger partial charge in [-0.3, -0.25) is 4.79 Å². The number of hydrogen-bond donors (Lipinski definition) is 8. The molecule has 0 aromatic heterocycles. The third-order valence-electron chi connectivity index (χ3n) is 17.2. The van der Waals surface area contributed by atoms with Crippen LogP contribution >= 0.6 is 0 Å². The SMILES string of the molecule is CC1(C(=O)O)CCC2(C)CCC3(C)C(=CCC4C5(C)CC(OC6OC(C(=O)O)C(O)C(O)C6OC6OC(C(=O)O)C(O)C(O)C6O)CC(C)(C)C5CCC43C)C2C1. The second kappa shape index (κ2) is 14.2. The molecule has 0 spiro atoms. The summed E-state index contributed by atoms with van der Waals surface area (Å²) in [6, 6.07) is 0. The maximum Gasteiger partial charge on any atom is 0.335 e. The van der Waals surface area contributed by atoms with E-state index in [4.69, 9.17) is 18.9 Å². The molecule has 2 aliphatic heterocycles. The van der Waals surface area contributed by atoms with Gasteiger partial charge in [-0.15, -0.1) is 0 Å².